The lowest BCUT2D eigenvalue weighted by atomic mass is 9.94. The molecule has 15 atom stereocenters. The highest BCUT2D eigenvalue weighted by Gasteiger charge is 2.59. The zero-order valence-corrected chi connectivity index (χ0v) is 36.5. The maximum Gasteiger partial charge on any atom is 0.303 e. The van der Waals surface area contributed by atoms with Crippen molar-refractivity contribution in [2.75, 3.05) is 19.8 Å². The van der Waals surface area contributed by atoms with Gasteiger partial charge in [-0.05, 0) is 0 Å². The van der Waals surface area contributed by atoms with Crippen molar-refractivity contribution in [3.05, 3.63) is 0 Å². The summed E-state index contributed by atoms with van der Waals surface area (Å²) in [5.41, 5.74) is 0. The van der Waals surface area contributed by atoms with Gasteiger partial charge in [-0.25, -0.2) is 0 Å². The van der Waals surface area contributed by atoms with Gasteiger partial charge in [0.05, 0.1) is 0 Å². The van der Waals surface area contributed by atoms with E-state index in [1.807, 2.05) is 0 Å². The van der Waals surface area contributed by atoms with Gasteiger partial charge in [0.1, 0.15) is 56.4 Å². The summed E-state index contributed by atoms with van der Waals surface area (Å²) in [6.45, 7) is 7.95. The zero-order valence-electron chi connectivity index (χ0n) is 36.5. The Balaban J connectivity index is 2.28. The molecule has 0 spiro atoms. The molecule has 64 heavy (non-hydrogen) atoms. The second-order valence-electron chi connectivity index (χ2n) is 14.4. The number of ether oxygens (including phenoxy) is 14. The van der Waals surface area contributed by atoms with Gasteiger partial charge in [0.2, 0.25) is 5.91 Å². The standard InChI is InChI=1S/C38H53NO25/c1-14(40)39-27-31(56-20(7)46)28(63-38-35(59-23(10)49)33(57-21(8)47)30(55-19(6)45)26(62-38)13-53-17(4)43)25(12-52-16(3)42)61-37(27)64-32-29(54-18(5)44)24(11-51-15(2)41)60-36(50)34(32)58-22(9)48/h24-38,50H,11-13H2,1-10H3,(H,39,40)/t24-,25-,26-,27-,28-,29+,30+,31-,32+,33+,34-,35-,36+,37+,38+/m1/s1. The SMILES string of the molecule is CC(=O)N[C@H]1[C@H](O[C@@H]2[C@@H](OC(C)=O)[C@@H](O)O[C@H](COC(C)=O)[C@@H]2OC(C)=O)O[C@H](COC(C)=O)[C@@H](O[C@@H]2O[C@H](COC(C)=O)[C@H](OC(C)=O)[C@H](OC(C)=O)[C@H]2OC(C)=O)[C@@H]1OC(C)=O. The van der Waals surface area contributed by atoms with Gasteiger partial charge in [0.15, 0.2) is 55.5 Å². The molecule has 0 aliphatic carbocycles. The van der Waals surface area contributed by atoms with Crippen LogP contribution in [0.1, 0.15) is 69.2 Å². The molecular formula is C38H53NO25. The van der Waals surface area contributed by atoms with Crippen molar-refractivity contribution in [3.63, 3.8) is 0 Å². The summed E-state index contributed by atoms with van der Waals surface area (Å²) in [6, 6.07) is -1.73. The Morgan fingerprint density at radius 2 is 0.734 bits per heavy atom. The first-order valence-electron chi connectivity index (χ1n) is 19.5. The van der Waals surface area contributed by atoms with Crippen molar-refractivity contribution >= 4 is 59.6 Å². The van der Waals surface area contributed by atoms with Gasteiger partial charge in [0, 0.05) is 69.2 Å². The van der Waals surface area contributed by atoms with Crippen LogP contribution in [-0.4, -0.2) is 177 Å². The minimum absolute atomic E-state index is 0.644. The summed E-state index contributed by atoms with van der Waals surface area (Å²) in [5.74, 6) is -9.22. The Kier molecular flexibility index (Phi) is 19.8. The molecule has 0 radical (unpaired) electrons. The third-order valence-electron chi connectivity index (χ3n) is 8.96. The smallest absolute Gasteiger partial charge is 0.303 e. The summed E-state index contributed by atoms with van der Waals surface area (Å²) >= 11 is 0. The minimum atomic E-state index is -2.05. The lowest BCUT2D eigenvalue weighted by Crippen LogP contribution is -2.70. The van der Waals surface area contributed by atoms with Crippen LogP contribution in [0.5, 0.6) is 0 Å². The van der Waals surface area contributed by atoms with Crippen molar-refractivity contribution in [1.82, 2.24) is 5.32 Å². The lowest BCUT2D eigenvalue weighted by molar-refractivity contribution is -0.366. The van der Waals surface area contributed by atoms with Crippen molar-refractivity contribution in [2.45, 2.75) is 161 Å². The third kappa shape index (κ3) is 15.6. The molecule has 0 unspecified atom stereocenters. The average molecular weight is 924 g/mol. The summed E-state index contributed by atoms with van der Waals surface area (Å²) in [5, 5.41) is 13.6. The highest BCUT2D eigenvalue weighted by molar-refractivity contribution is 5.74. The van der Waals surface area contributed by atoms with Crippen molar-refractivity contribution in [1.29, 1.82) is 0 Å². The van der Waals surface area contributed by atoms with E-state index in [1.54, 1.807) is 0 Å². The largest absolute Gasteiger partial charge is 0.463 e. The topological polar surface area (TPSA) is 332 Å². The zero-order chi connectivity index (χ0) is 48.2. The summed E-state index contributed by atoms with van der Waals surface area (Å²) < 4.78 is 78.9. The molecule has 3 fully saturated rings. The number of carbonyl (C=O) groups is 10. The van der Waals surface area contributed by atoms with Crippen LogP contribution in [0.4, 0.5) is 0 Å². The lowest BCUT2D eigenvalue weighted by Gasteiger charge is -2.50. The van der Waals surface area contributed by atoms with Crippen molar-refractivity contribution < 1.29 is 119 Å². The number of hydrogen-bond acceptors (Lipinski definition) is 25. The fourth-order valence-corrected chi connectivity index (χ4v) is 6.88. The number of rotatable bonds is 17. The molecule has 0 bridgehead atoms. The van der Waals surface area contributed by atoms with Gasteiger partial charge in [-0.1, -0.05) is 0 Å². The first-order valence-corrected chi connectivity index (χ1v) is 19.5. The van der Waals surface area contributed by atoms with E-state index in [0.29, 0.717) is 0 Å². The molecule has 0 saturated carbocycles. The summed E-state index contributed by atoms with van der Waals surface area (Å²) in [7, 11) is 0. The maximum absolute atomic E-state index is 12.9. The van der Waals surface area contributed by atoms with E-state index in [2.05, 4.69) is 5.32 Å². The van der Waals surface area contributed by atoms with Crippen molar-refractivity contribution in [3.8, 4) is 0 Å². The van der Waals surface area contributed by atoms with Crippen LogP contribution in [0.2, 0.25) is 0 Å². The summed E-state index contributed by atoms with van der Waals surface area (Å²) in [6.07, 6.45) is -24.8. The van der Waals surface area contributed by atoms with E-state index in [1.165, 1.54) is 0 Å². The van der Waals surface area contributed by atoms with Gasteiger partial charge < -0.3 is 76.7 Å². The molecule has 3 aliphatic rings. The quantitative estimate of drug-likeness (QED) is 0.114. The predicted octanol–water partition coefficient (Wildman–Crippen LogP) is -2.29. The molecule has 26 heteroatoms. The number of nitrogens with one attached hydrogen (secondary N) is 1. The van der Waals surface area contributed by atoms with E-state index < -0.39 is 172 Å². The normalized spacial score (nSPS) is 32.3. The number of carbonyl (C=O) groups excluding carboxylic acids is 10. The van der Waals surface area contributed by atoms with E-state index in [9.17, 15) is 53.1 Å². The Morgan fingerprint density at radius 3 is 1.17 bits per heavy atom. The van der Waals surface area contributed by atoms with Gasteiger partial charge in [-0.3, -0.25) is 47.9 Å². The number of hydrogen-bond donors (Lipinski definition) is 2. The Bertz CT molecular complexity index is 1740. The fourth-order valence-electron chi connectivity index (χ4n) is 6.88. The van der Waals surface area contributed by atoms with Crippen LogP contribution in [0.15, 0.2) is 0 Å². The second-order valence-corrected chi connectivity index (χ2v) is 14.4. The van der Waals surface area contributed by atoms with Crippen LogP contribution in [0.3, 0.4) is 0 Å². The highest BCUT2D eigenvalue weighted by atomic mass is 16.8. The van der Waals surface area contributed by atoms with E-state index in [0.717, 1.165) is 69.2 Å². The fraction of sp³-hybridized carbons (Fsp3) is 0.737. The molecule has 1 amide bonds. The Morgan fingerprint density at radius 1 is 0.391 bits per heavy atom. The number of aliphatic hydroxyl groups is 1. The van der Waals surface area contributed by atoms with Gasteiger partial charge >= 0.3 is 53.7 Å². The Hall–Kier alpha value is -5.54. The van der Waals surface area contributed by atoms with Crippen LogP contribution < -0.4 is 5.32 Å². The molecule has 3 rings (SSSR count). The molecule has 0 aromatic carbocycles. The first kappa shape index (κ1) is 52.8. The van der Waals surface area contributed by atoms with Gasteiger partial charge in [-0.2, -0.15) is 0 Å². The summed E-state index contributed by atoms with van der Waals surface area (Å²) in [4.78, 5) is 124. The molecule has 0 aromatic rings. The monoisotopic (exact) mass is 923 g/mol. The molecule has 360 valence electrons. The number of esters is 9. The molecule has 2 N–H and O–H groups in total. The van der Waals surface area contributed by atoms with Crippen LogP contribution >= 0.6 is 0 Å². The molecule has 0 aromatic heterocycles. The maximum atomic E-state index is 12.9. The van der Waals surface area contributed by atoms with Crippen molar-refractivity contribution in [2.24, 2.45) is 0 Å². The van der Waals surface area contributed by atoms with Gasteiger partial charge in [0.25, 0.3) is 0 Å². The van der Waals surface area contributed by atoms with Crippen LogP contribution in [-0.2, 0) is 114 Å². The van der Waals surface area contributed by atoms with E-state index in [-0.39, 0.29) is 0 Å². The minimum Gasteiger partial charge on any atom is -0.463 e. The highest BCUT2D eigenvalue weighted by Crippen LogP contribution is 2.37. The molecule has 3 heterocycles. The predicted molar refractivity (Wildman–Crippen MR) is 199 cm³/mol. The molecule has 26 nitrogen and oxygen atoms in total. The van der Waals surface area contributed by atoms with Gasteiger partial charge in [-0.15, -0.1) is 0 Å². The van der Waals surface area contributed by atoms with Crippen LogP contribution in [0.25, 0.3) is 0 Å². The molecule has 3 saturated heterocycles. The first-order chi connectivity index (χ1) is 29.9. The number of aliphatic hydroxyl groups excluding tert-OH is 1. The molecule has 3 aliphatic heterocycles. The number of amides is 1. The van der Waals surface area contributed by atoms with Crippen LogP contribution in [0, 0.1) is 0 Å². The Labute approximate surface area is 365 Å². The average Bonchev–Trinajstić information content (AvgIpc) is 3.15. The second kappa shape index (κ2) is 23.9. The molecular weight excluding hydrogens is 870 g/mol. The van der Waals surface area contributed by atoms with E-state index >= 15 is 0 Å². The third-order valence-corrected chi connectivity index (χ3v) is 8.96. The van der Waals surface area contributed by atoms with E-state index in [4.69, 9.17) is 66.3 Å².